The van der Waals surface area contributed by atoms with E-state index in [2.05, 4.69) is 5.16 Å². The number of oxime groups is 1. The van der Waals surface area contributed by atoms with E-state index in [1.807, 2.05) is 0 Å². The first kappa shape index (κ1) is 19.1. The van der Waals surface area contributed by atoms with E-state index in [-0.39, 0.29) is 34.5 Å². The molecule has 134 valence electrons. The predicted molar refractivity (Wildman–Crippen MR) is 89.9 cm³/mol. The molecule has 2 aromatic rings. The van der Waals surface area contributed by atoms with Crippen LogP contribution in [0.5, 0.6) is 0 Å². The number of hydrogen-bond donors (Lipinski definition) is 1. The summed E-state index contributed by atoms with van der Waals surface area (Å²) in [5.41, 5.74) is -1.23. The lowest BCUT2D eigenvalue weighted by Gasteiger charge is -2.20. The first-order valence-electron chi connectivity index (χ1n) is 7.53. The molecule has 0 unspecified atom stereocenters. The van der Waals surface area contributed by atoms with Gasteiger partial charge in [0.05, 0.1) is 17.0 Å². The number of nitrogens with zero attached hydrogens (tertiary/aromatic N) is 2. The zero-order valence-corrected chi connectivity index (χ0v) is 14.5. The van der Waals surface area contributed by atoms with Crippen molar-refractivity contribution in [2.75, 3.05) is 0 Å². The number of hydrogen-bond acceptors (Lipinski definition) is 3. The average molecular weight is 373 g/mol. The molecule has 0 atom stereocenters. The van der Waals surface area contributed by atoms with Crippen LogP contribution in [0.15, 0.2) is 28.1 Å². The van der Waals surface area contributed by atoms with Gasteiger partial charge in [-0.2, -0.15) is 0 Å². The Morgan fingerprint density at radius 3 is 2.24 bits per heavy atom. The van der Waals surface area contributed by atoms with E-state index in [1.54, 1.807) is 20.8 Å². The lowest BCUT2D eigenvalue weighted by atomic mass is 9.94. The topological polar surface area (TPSA) is 54.6 Å². The number of benzene rings is 1. The normalized spacial score (nSPS) is 12.1. The van der Waals surface area contributed by atoms with Crippen LogP contribution in [0.25, 0.3) is 11.3 Å². The van der Waals surface area contributed by atoms with Crippen LogP contribution in [0.1, 0.15) is 26.3 Å². The van der Waals surface area contributed by atoms with Crippen LogP contribution in [0, 0.1) is 23.4 Å². The molecule has 1 aromatic heterocycles. The highest BCUT2D eigenvalue weighted by Gasteiger charge is 2.25. The maximum atomic E-state index is 14.4. The molecule has 4 nitrogen and oxygen atoms in total. The Balaban J connectivity index is 3.03. The van der Waals surface area contributed by atoms with Crippen molar-refractivity contribution in [1.82, 2.24) is 4.57 Å². The highest BCUT2D eigenvalue weighted by molar-refractivity contribution is 6.31. The van der Waals surface area contributed by atoms with Crippen LogP contribution in [0.3, 0.4) is 0 Å². The largest absolute Gasteiger partial charge is 0.411 e. The van der Waals surface area contributed by atoms with Crippen LogP contribution in [-0.4, -0.2) is 15.5 Å². The second-order valence-corrected chi connectivity index (χ2v) is 6.10. The van der Waals surface area contributed by atoms with Crippen LogP contribution in [0.4, 0.5) is 13.2 Å². The predicted octanol–water partition coefficient (Wildman–Crippen LogP) is 4.44. The van der Waals surface area contributed by atoms with Crippen molar-refractivity contribution in [2.24, 2.45) is 11.1 Å². The van der Waals surface area contributed by atoms with Gasteiger partial charge in [0.15, 0.2) is 0 Å². The van der Waals surface area contributed by atoms with Gasteiger partial charge >= 0.3 is 0 Å². The van der Waals surface area contributed by atoms with Crippen LogP contribution >= 0.6 is 11.6 Å². The van der Waals surface area contributed by atoms with Gasteiger partial charge in [0.2, 0.25) is 0 Å². The Kier molecular flexibility index (Phi) is 5.57. The van der Waals surface area contributed by atoms with Crippen molar-refractivity contribution >= 4 is 17.3 Å². The third-order valence-electron chi connectivity index (χ3n) is 3.74. The van der Waals surface area contributed by atoms with Gasteiger partial charge in [0.25, 0.3) is 5.56 Å². The molecule has 0 fully saturated rings. The zero-order chi connectivity index (χ0) is 18.9. The zero-order valence-electron chi connectivity index (χ0n) is 13.8. The third kappa shape index (κ3) is 3.42. The molecule has 0 bridgehead atoms. The van der Waals surface area contributed by atoms with Crippen molar-refractivity contribution in [3.8, 4) is 11.3 Å². The molecule has 0 amide bonds. The van der Waals surface area contributed by atoms with E-state index in [9.17, 15) is 23.2 Å². The summed E-state index contributed by atoms with van der Waals surface area (Å²) < 4.78 is 43.1. The molecule has 25 heavy (non-hydrogen) atoms. The maximum absolute atomic E-state index is 14.4. The van der Waals surface area contributed by atoms with Crippen molar-refractivity contribution < 1.29 is 18.4 Å². The van der Waals surface area contributed by atoms with Gasteiger partial charge in [-0.15, -0.1) is 0 Å². The van der Waals surface area contributed by atoms with E-state index < -0.39 is 28.6 Å². The molecule has 1 N–H and O–H groups in total. The minimum absolute atomic E-state index is 0.0504. The summed E-state index contributed by atoms with van der Waals surface area (Å²) in [6.07, 6.45) is 0. The molecular weight excluding hydrogens is 357 g/mol. The highest BCUT2D eigenvalue weighted by Crippen LogP contribution is 2.32. The Hall–Kier alpha value is -2.28. The minimum atomic E-state index is -1.18. The Bertz CT molecular complexity index is 884. The maximum Gasteiger partial charge on any atom is 0.269 e. The van der Waals surface area contributed by atoms with Crippen LogP contribution in [-0.2, 0) is 6.54 Å². The van der Waals surface area contributed by atoms with Crippen molar-refractivity contribution in [2.45, 2.75) is 27.3 Å². The summed E-state index contributed by atoms with van der Waals surface area (Å²) in [7, 11) is 0. The Morgan fingerprint density at radius 2 is 1.80 bits per heavy atom. The van der Waals surface area contributed by atoms with Gasteiger partial charge < -0.3 is 9.77 Å². The molecule has 2 rings (SSSR count). The molecular formula is C17H16ClF3N2O2. The monoisotopic (exact) mass is 372 g/mol. The molecule has 0 aliphatic carbocycles. The van der Waals surface area contributed by atoms with E-state index in [0.29, 0.717) is 12.1 Å². The van der Waals surface area contributed by atoms with Crippen LogP contribution in [0.2, 0.25) is 5.02 Å². The van der Waals surface area contributed by atoms with Gasteiger partial charge in [-0.25, -0.2) is 13.2 Å². The fourth-order valence-corrected chi connectivity index (χ4v) is 2.86. The van der Waals surface area contributed by atoms with Crippen molar-refractivity contribution in [1.29, 1.82) is 0 Å². The summed E-state index contributed by atoms with van der Waals surface area (Å²) in [5, 5.41) is 12.3. The number of rotatable bonds is 4. The molecule has 8 heteroatoms. The molecule has 0 saturated carbocycles. The molecule has 1 aromatic carbocycles. The van der Waals surface area contributed by atoms with Gasteiger partial charge in [0, 0.05) is 24.2 Å². The Morgan fingerprint density at radius 1 is 1.24 bits per heavy atom. The van der Waals surface area contributed by atoms with Crippen molar-refractivity contribution in [3.05, 3.63) is 56.6 Å². The van der Waals surface area contributed by atoms with Gasteiger partial charge in [0.1, 0.15) is 22.5 Å². The first-order chi connectivity index (χ1) is 11.7. The van der Waals surface area contributed by atoms with E-state index in [1.165, 1.54) is 6.07 Å². The quantitative estimate of drug-likeness (QED) is 0.490. The SMILES string of the molecule is CCn1c(-c2c(F)cc(F)cc2F)c(C(=NO)C(C)C)cc(Cl)c1=O. The molecule has 0 saturated heterocycles. The smallest absolute Gasteiger partial charge is 0.269 e. The van der Waals surface area contributed by atoms with Gasteiger partial charge in [-0.05, 0) is 18.9 Å². The van der Waals surface area contributed by atoms with E-state index in [4.69, 9.17) is 11.6 Å². The second-order valence-electron chi connectivity index (χ2n) is 5.69. The Labute approximate surface area is 147 Å². The van der Waals surface area contributed by atoms with Crippen LogP contribution < -0.4 is 5.56 Å². The molecule has 0 spiro atoms. The summed E-state index contributed by atoms with van der Waals surface area (Å²) in [4.78, 5) is 12.3. The van der Waals surface area contributed by atoms with Gasteiger partial charge in [-0.1, -0.05) is 30.6 Å². The lowest BCUT2D eigenvalue weighted by Crippen LogP contribution is -2.26. The van der Waals surface area contributed by atoms with Gasteiger partial charge in [-0.3, -0.25) is 4.79 Å². The third-order valence-corrected chi connectivity index (χ3v) is 4.01. The first-order valence-corrected chi connectivity index (χ1v) is 7.91. The molecule has 0 radical (unpaired) electrons. The summed E-state index contributed by atoms with van der Waals surface area (Å²) in [6.45, 7) is 5.04. The minimum Gasteiger partial charge on any atom is -0.411 e. The molecule has 1 heterocycles. The standard InChI is InChI=1S/C17H16ClF3N2O2/c1-4-23-16(14-12(20)5-9(19)6-13(14)21)10(7-11(18)17(23)24)15(22-25)8(2)3/h5-8,25H,4H2,1-3H3. The van der Waals surface area contributed by atoms with Crippen molar-refractivity contribution in [3.63, 3.8) is 0 Å². The number of halogens is 4. The number of aromatic nitrogens is 1. The highest BCUT2D eigenvalue weighted by atomic mass is 35.5. The van der Waals surface area contributed by atoms with E-state index in [0.717, 1.165) is 4.57 Å². The molecule has 0 aliphatic heterocycles. The summed E-state index contributed by atoms with van der Waals surface area (Å²) in [5.74, 6) is -3.78. The molecule has 0 aliphatic rings. The fraction of sp³-hybridized carbons (Fsp3) is 0.294. The summed E-state index contributed by atoms with van der Waals surface area (Å²) in [6, 6.07) is 2.24. The summed E-state index contributed by atoms with van der Waals surface area (Å²) >= 11 is 5.95. The number of pyridine rings is 1. The average Bonchev–Trinajstić information content (AvgIpc) is 2.51. The second kappa shape index (κ2) is 7.31. The van der Waals surface area contributed by atoms with E-state index >= 15 is 0 Å². The fourth-order valence-electron chi connectivity index (χ4n) is 2.65. The lowest BCUT2D eigenvalue weighted by molar-refractivity contribution is 0.316.